The van der Waals surface area contributed by atoms with Crippen LogP contribution in [0.4, 0.5) is 10.1 Å². The lowest BCUT2D eigenvalue weighted by Gasteiger charge is -2.20. The van der Waals surface area contributed by atoms with Gasteiger partial charge in [-0.15, -0.1) is 0 Å². The summed E-state index contributed by atoms with van der Waals surface area (Å²) in [6.45, 7) is 3.50. The van der Waals surface area contributed by atoms with Crippen molar-refractivity contribution in [2.24, 2.45) is 0 Å². The van der Waals surface area contributed by atoms with Gasteiger partial charge in [-0.2, -0.15) is 0 Å². The Hall–Kier alpha value is -1.62. The molecule has 0 saturated heterocycles. The summed E-state index contributed by atoms with van der Waals surface area (Å²) >= 11 is 11.9. The molecule has 6 heteroatoms. The minimum Gasteiger partial charge on any atom is -0.323 e. The molecule has 0 saturated carbocycles. The molecule has 122 valence electrons. The minimum atomic E-state index is -0.542. The zero-order valence-corrected chi connectivity index (χ0v) is 14.3. The van der Waals surface area contributed by atoms with E-state index < -0.39 is 6.04 Å². The lowest BCUT2D eigenvalue weighted by molar-refractivity contribution is -0.117. The maximum Gasteiger partial charge on any atom is 0.241 e. The van der Waals surface area contributed by atoms with Gasteiger partial charge in [-0.05, 0) is 38.1 Å². The van der Waals surface area contributed by atoms with E-state index >= 15 is 0 Å². The van der Waals surface area contributed by atoms with Crippen molar-refractivity contribution in [1.82, 2.24) is 5.32 Å². The fourth-order valence-electron chi connectivity index (χ4n) is 2.20. The molecule has 2 atom stereocenters. The first-order chi connectivity index (χ1) is 10.9. The molecule has 2 N–H and O–H groups in total. The summed E-state index contributed by atoms with van der Waals surface area (Å²) in [6.07, 6.45) is 0. The SMILES string of the molecule is CC(NC(C)c1ccccc1F)C(=O)Nc1cc(Cl)ccc1Cl. The molecule has 0 heterocycles. The molecule has 2 unspecified atom stereocenters. The van der Waals surface area contributed by atoms with Crippen molar-refractivity contribution in [3.8, 4) is 0 Å². The van der Waals surface area contributed by atoms with E-state index in [9.17, 15) is 9.18 Å². The van der Waals surface area contributed by atoms with E-state index in [4.69, 9.17) is 23.2 Å². The Morgan fingerprint density at radius 3 is 2.52 bits per heavy atom. The van der Waals surface area contributed by atoms with Crippen molar-refractivity contribution < 1.29 is 9.18 Å². The molecule has 0 bridgehead atoms. The Balaban J connectivity index is 2.02. The second-order valence-corrected chi connectivity index (χ2v) is 6.09. The normalized spacial score (nSPS) is 13.4. The lowest BCUT2D eigenvalue weighted by atomic mass is 10.1. The molecular weight excluding hydrogens is 338 g/mol. The van der Waals surface area contributed by atoms with Gasteiger partial charge in [0.05, 0.1) is 16.8 Å². The molecule has 0 fully saturated rings. The first-order valence-electron chi connectivity index (χ1n) is 7.15. The molecular formula is C17H17Cl2FN2O. The zero-order chi connectivity index (χ0) is 17.0. The number of carbonyl (C=O) groups excluding carboxylic acids is 1. The number of amides is 1. The molecule has 2 rings (SSSR count). The zero-order valence-electron chi connectivity index (χ0n) is 12.7. The molecule has 0 aromatic heterocycles. The second kappa shape index (κ2) is 7.77. The van der Waals surface area contributed by atoms with Gasteiger partial charge in [-0.1, -0.05) is 41.4 Å². The standard InChI is InChI=1S/C17H17Cl2FN2O/c1-10(13-5-3-4-6-15(13)20)21-11(2)17(23)22-16-9-12(18)7-8-14(16)19/h3-11,21H,1-2H3,(H,22,23). The van der Waals surface area contributed by atoms with E-state index in [-0.39, 0.29) is 17.8 Å². The Morgan fingerprint density at radius 1 is 1.13 bits per heavy atom. The third-order valence-corrected chi connectivity index (χ3v) is 4.02. The van der Waals surface area contributed by atoms with Crippen LogP contribution in [0.3, 0.4) is 0 Å². The van der Waals surface area contributed by atoms with Crippen LogP contribution in [-0.4, -0.2) is 11.9 Å². The van der Waals surface area contributed by atoms with Crippen molar-refractivity contribution in [3.05, 3.63) is 63.9 Å². The van der Waals surface area contributed by atoms with E-state index in [0.29, 0.717) is 21.3 Å². The highest BCUT2D eigenvalue weighted by Crippen LogP contribution is 2.25. The maximum absolute atomic E-state index is 13.8. The molecule has 0 radical (unpaired) electrons. The predicted octanol–water partition coefficient (Wildman–Crippen LogP) is 4.81. The number of nitrogens with one attached hydrogen (secondary N) is 2. The number of halogens is 3. The monoisotopic (exact) mass is 354 g/mol. The van der Waals surface area contributed by atoms with Crippen LogP contribution in [-0.2, 0) is 4.79 Å². The third kappa shape index (κ3) is 4.67. The number of carbonyl (C=O) groups is 1. The van der Waals surface area contributed by atoms with Crippen LogP contribution in [0.2, 0.25) is 10.0 Å². The molecule has 0 aliphatic heterocycles. The van der Waals surface area contributed by atoms with Crippen LogP contribution in [0.5, 0.6) is 0 Å². The highest BCUT2D eigenvalue weighted by atomic mass is 35.5. The van der Waals surface area contributed by atoms with Crippen LogP contribution >= 0.6 is 23.2 Å². The predicted molar refractivity (Wildman–Crippen MR) is 92.5 cm³/mol. The van der Waals surface area contributed by atoms with Crippen LogP contribution in [0.1, 0.15) is 25.5 Å². The minimum absolute atomic E-state index is 0.280. The quantitative estimate of drug-likeness (QED) is 0.808. The average molecular weight is 355 g/mol. The lowest BCUT2D eigenvalue weighted by Crippen LogP contribution is -2.39. The summed E-state index contributed by atoms with van der Waals surface area (Å²) in [5.74, 6) is -0.588. The van der Waals surface area contributed by atoms with Gasteiger partial charge < -0.3 is 5.32 Å². The number of hydrogen-bond donors (Lipinski definition) is 2. The van der Waals surface area contributed by atoms with E-state index in [2.05, 4.69) is 10.6 Å². The van der Waals surface area contributed by atoms with E-state index in [1.165, 1.54) is 6.07 Å². The van der Waals surface area contributed by atoms with Crippen molar-refractivity contribution in [2.45, 2.75) is 25.9 Å². The average Bonchev–Trinajstić information content (AvgIpc) is 2.51. The van der Waals surface area contributed by atoms with Gasteiger partial charge in [0.1, 0.15) is 5.82 Å². The molecule has 2 aromatic carbocycles. The van der Waals surface area contributed by atoms with Crippen molar-refractivity contribution >= 4 is 34.8 Å². The van der Waals surface area contributed by atoms with Gasteiger partial charge in [-0.3, -0.25) is 10.1 Å². The summed E-state index contributed by atoms with van der Waals surface area (Å²) in [6, 6.07) is 10.4. The largest absolute Gasteiger partial charge is 0.323 e. The Bertz CT molecular complexity index is 709. The fourth-order valence-corrected chi connectivity index (χ4v) is 2.54. The Kier molecular flexibility index (Phi) is 5.99. The number of anilines is 1. The summed E-state index contributed by atoms with van der Waals surface area (Å²) in [7, 11) is 0. The summed E-state index contributed by atoms with van der Waals surface area (Å²) in [5, 5.41) is 6.65. The molecule has 2 aromatic rings. The third-order valence-electron chi connectivity index (χ3n) is 3.45. The number of rotatable bonds is 5. The van der Waals surface area contributed by atoms with Crippen LogP contribution < -0.4 is 10.6 Å². The van der Waals surface area contributed by atoms with Crippen LogP contribution in [0.15, 0.2) is 42.5 Å². The van der Waals surface area contributed by atoms with Gasteiger partial charge in [0.25, 0.3) is 0 Å². The highest BCUT2D eigenvalue weighted by molar-refractivity contribution is 6.35. The van der Waals surface area contributed by atoms with Crippen molar-refractivity contribution in [1.29, 1.82) is 0 Å². The molecule has 3 nitrogen and oxygen atoms in total. The van der Waals surface area contributed by atoms with Gasteiger partial charge in [0.15, 0.2) is 0 Å². The molecule has 23 heavy (non-hydrogen) atoms. The van der Waals surface area contributed by atoms with E-state index in [0.717, 1.165) is 0 Å². The highest BCUT2D eigenvalue weighted by Gasteiger charge is 2.19. The van der Waals surface area contributed by atoms with Crippen LogP contribution in [0.25, 0.3) is 0 Å². The maximum atomic E-state index is 13.8. The fraction of sp³-hybridized carbons (Fsp3) is 0.235. The molecule has 1 amide bonds. The van der Waals surface area contributed by atoms with Gasteiger partial charge in [0, 0.05) is 16.6 Å². The van der Waals surface area contributed by atoms with Crippen LogP contribution in [0, 0.1) is 5.82 Å². The van der Waals surface area contributed by atoms with E-state index in [1.54, 1.807) is 50.2 Å². The summed E-state index contributed by atoms with van der Waals surface area (Å²) in [5.41, 5.74) is 0.948. The Morgan fingerprint density at radius 2 is 1.83 bits per heavy atom. The topological polar surface area (TPSA) is 41.1 Å². The smallest absolute Gasteiger partial charge is 0.241 e. The van der Waals surface area contributed by atoms with E-state index in [1.807, 2.05) is 0 Å². The van der Waals surface area contributed by atoms with Crippen molar-refractivity contribution in [2.75, 3.05) is 5.32 Å². The van der Waals surface area contributed by atoms with Crippen molar-refractivity contribution in [3.63, 3.8) is 0 Å². The second-order valence-electron chi connectivity index (χ2n) is 5.24. The Labute approximate surface area is 144 Å². The van der Waals surface area contributed by atoms with Gasteiger partial charge >= 0.3 is 0 Å². The first-order valence-corrected chi connectivity index (χ1v) is 7.90. The molecule has 0 aliphatic rings. The molecule has 0 spiro atoms. The molecule has 0 aliphatic carbocycles. The summed E-state index contributed by atoms with van der Waals surface area (Å²) < 4.78 is 13.8. The first kappa shape index (κ1) is 17.7. The van der Waals surface area contributed by atoms with Gasteiger partial charge in [-0.25, -0.2) is 4.39 Å². The number of benzene rings is 2. The summed E-state index contributed by atoms with van der Waals surface area (Å²) in [4.78, 5) is 12.3. The number of hydrogen-bond acceptors (Lipinski definition) is 2. The van der Waals surface area contributed by atoms with Gasteiger partial charge in [0.2, 0.25) is 5.91 Å².